The van der Waals surface area contributed by atoms with Crippen LogP contribution >= 0.6 is 0 Å². The Hall–Kier alpha value is -1.81. The van der Waals surface area contributed by atoms with Gasteiger partial charge in [-0.3, -0.25) is 0 Å². The number of rotatable bonds is 4. The molecular formula is C20H28N2O2. The molecule has 24 heavy (non-hydrogen) atoms. The monoisotopic (exact) mass is 328 g/mol. The van der Waals surface area contributed by atoms with E-state index >= 15 is 0 Å². The summed E-state index contributed by atoms with van der Waals surface area (Å²) < 4.78 is 0. The summed E-state index contributed by atoms with van der Waals surface area (Å²) in [5.41, 5.74) is 4.52. The molecule has 0 aliphatic carbocycles. The van der Waals surface area contributed by atoms with Crippen molar-refractivity contribution in [3.05, 3.63) is 34.5 Å². The van der Waals surface area contributed by atoms with Gasteiger partial charge in [0.05, 0.1) is 11.1 Å². The van der Waals surface area contributed by atoms with Crippen molar-refractivity contribution < 1.29 is 9.90 Å². The topological polar surface area (TPSA) is 56.3 Å². The molecule has 1 fully saturated rings. The van der Waals surface area contributed by atoms with Crippen molar-refractivity contribution in [1.82, 2.24) is 9.88 Å². The molecule has 0 spiro atoms. The molecule has 0 radical (unpaired) electrons. The van der Waals surface area contributed by atoms with Crippen LogP contribution in [0.2, 0.25) is 0 Å². The van der Waals surface area contributed by atoms with Crippen LogP contribution in [0.5, 0.6) is 0 Å². The fourth-order valence-electron chi connectivity index (χ4n) is 3.68. The Balaban J connectivity index is 2.06. The number of carboxylic acid groups (broad SMARTS) is 1. The van der Waals surface area contributed by atoms with Gasteiger partial charge in [-0.25, -0.2) is 4.79 Å². The lowest BCUT2D eigenvalue weighted by Gasteiger charge is -2.20. The van der Waals surface area contributed by atoms with Crippen molar-refractivity contribution in [3.8, 4) is 0 Å². The van der Waals surface area contributed by atoms with Crippen molar-refractivity contribution in [2.75, 3.05) is 19.6 Å². The lowest BCUT2D eigenvalue weighted by Crippen LogP contribution is -2.22. The standard InChI is InChI=1S/C20H28N2O2/c1-13-15(7-10-22-8-5-6-9-22)16-11-14(20(2,3)4)12-17(19(23)24)18(16)21-13/h11-12,21H,5-10H2,1-4H3,(H,23,24). The first-order valence-corrected chi connectivity index (χ1v) is 8.88. The smallest absolute Gasteiger partial charge is 0.337 e. The second-order valence-electron chi connectivity index (χ2n) is 8.03. The van der Waals surface area contributed by atoms with E-state index in [0.717, 1.165) is 35.1 Å². The third kappa shape index (κ3) is 3.20. The van der Waals surface area contributed by atoms with Crippen LogP contribution in [0.3, 0.4) is 0 Å². The Bertz CT molecular complexity index is 762. The highest BCUT2D eigenvalue weighted by Gasteiger charge is 2.22. The summed E-state index contributed by atoms with van der Waals surface area (Å²) in [6.07, 6.45) is 3.56. The normalized spacial score (nSPS) is 16.2. The highest BCUT2D eigenvalue weighted by Crippen LogP contribution is 2.32. The summed E-state index contributed by atoms with van der Waals surface area (Å²) in [5.74, 6) is -0.863. The van der Waals surface area contributed by atoms with Gasteiger partial charge in [0.2, 0.25) is 0 Å². The van der Waals surface area contributed by atoms with Gasteiger partial charge in [0, 0.05) is 17.6 Å². The Morgan fingerprint density at radius 1 is 1.25 bits per heavy atom. The zero-order chi connectivity index (χ0) is 17.5. The third-order valence-electron chi connectivity index (χ3n) is 5.20. The molecule has 0 atom stereocenters. The number of hydrogen-bond donors (Lipinski definition) is 2. The number of hydrogen-bond acceptors (Lipinski definition) is 2. The number of carboxylic acids is 1. The van der Waals surface area contributed by atoms with Crippen molar-refractivity contribution in [3.63, 3.8) is 0 Å². The van der Waals surface area contributed by atoms with Crippen LogP contribution in [0.15, 0.2) is 12.1 Å². The molecule has 4 nitrogen and oxygen atoms in total. The second kappa shape index (κ2) is 6.25. The maximum Gasteiger partial charge on any atom is 0.337 e. The number of nitrogens with one attached hydrogen (secondary N) is 1. The third-order valence-corrected chi connectivity index (χ3v) is 5.20. The maximum atomic E-state index is 11.8. The highest BCUT2D eigenvalue weighted by molar-refractivity contribution is 6.04. The molecule has 2 aromatic rings. The zero-order valence-corrected chi connectivity index (χ0v) is 15.2. The Morgan fingerprint density at radius 2 is 1.92 bits per heavy atom. The molecule has 1 aliphatic rings. The van der Waals surface area contributed by atoms with Gasteiger partial charge in [-0.2, -0.15) is 0 Å². The molecule has 1 aliphatic heterocycles. The molecule has 3 rings (SSSR count). The van der Waals surface area contributed by atoms with E-state index in [1.807, 2.05) is 6.07 Å². The number of aryl methyl sites for hydroxylation is 1. The van der Waals surface area contributed by atoms with Gasteiger partial charge in [-0.1, -0.05) is 20.8 Å². The van der Waals surface area contributed by atoms with Crippen molar-refractivity contribution in [2.24, 2.45) is 0 Å². The Kier molecular flexibility index (Phi) is 4.43. The minimum absolute atomic E-state index is 0.0736. The predicted molar refractivity (Wildman–Crippen MR) is 98.1 cm³/mol. The van der Waals surface area contributed by atoms with E-state index in [2.05, 4.69) is 43.6 Å². The molecule has 0 unspecified atom stereocenters. The van der Waals surface area contributed by atoms with Gasteiger partial charge in [0.15, 0.2) is 0 Å². The van der Waals surface area contributed by atoms with E-state index in [0.29, 0.717) is 5.56 Å². The molecule has 0 amide bonds. The molecule has 0 saturated carbocycles. The van der Waals surface area contributed by atoms with E-state index in [-0.39, 0.29) is 5.41 Å². The number of benzene rings is 1. The summed E-state index contributed by atoms with van der Waals surface area (Å²) in [6, 6.07) is 4.01. The number of aromatic nitrogens is 1. The lowest BCUT2D eigenvalue weighted by atomic mass is 9.84. The fourth-order valence-corrected chi connectivity index (χ4v) is 3.68. The molecule has 1 aromatic carbocycles. The predicted octanol–water partition coefficient (Wildman–Crippen LogP) is 4.11. The van der Waals surface area contributed by atoms with Gasteiger partial charge < -0.3 is 15.0 Å². The van der Waals surface area contributed by atoms with Crippen LogP contribution in [-0.4, -0.2) is 40.6 Å². The van der Waals surface area contributed by atoms with E-state index < -0.39 is 5.97 Å². The van der Waals surface area contributed by atoms with Gasteiger partial charge in [0.1, 0.15) is 0 Å². The molecule has 0 bridgehead atoms. The maximum absolute atomic E-state index is 11.8. The van der Waals surface area contributed by atoms with Gasteiger partial charge in [0.25, 0.3) is 0 Å². The summed E-state index contributed by atoms with van der Waals surface area (Å²) in [4.78, 5) is 17.6. The number of aromatic carboxylic acids is 1. The number of nitrogens with zero attached hydrogens (tertiary/aromatic N) is 1. The van der Waals surface area contributed by atoms with Crippen LogP contribution < -0.4 is 0 Å². The van der Waals surface area contributed by atoms with Crippen LogP contribution in [0, 0.1) is 6.92 Å². The molecule has 1 aromatic heterocycles. The molecule has 130 valence electrons. The first-order chi connectivity index (χ1) is 11.3. The largest absolute Gasteiger partial charge is 0.478 e. The SMILES string of the molecule is Cc1[nH]c2c(C(=O)O)cc(C(C)(C)C)cc2c1CCN1CCCC1. The average Bonchev–Trinajstić information content (AvgIpc) is 3.10. The van der Waals surface area contributed by atoms with E-state index in [4.69, 9.17) is 0 Å². The summed E-state index contributed by atoms with van der Waals surface area (Å²) in [7, 11) is 0. The van der Waals surface area contributed by atoms with Crippen LogP contribution in [0.25, 0.3) is 10.9 Å². The number of fused-ring (bicyclic) bond motifs is 1. The van der Waals surface area contributed by atoms with Gasteiger partial charge in [-0.05, 0) is 68.0 Å². The molecule has 2 N–H and O–H groups in total. The van der Waals surface area contributed by atoms with Crippen LogP contribution in [0.1, 0.15) is 60.8 Å². The summed E-state index contributed by atoms with van der Waals surface area (Å²) in [6.45, 7) is 11.9. The lowest BCUT2D eigenvalue weighted by molar-refractivity contribution is 0.0698. The van der Waals surface area contributed by atoms with Crippen molar-refractivity contribution in [2.45, 2.75) is 52.4 Å². The molecule has 1 saturated heterocycles. The second-order valence-corrected chi connectivity index (χ2v) is 8.03. The van der Waals surface area contributed by atoms with Crippen molar-refractivity contribution >= 4 is 16.9 Å². The Labute approximate surface area is 143 Å². The summed E-state index contributed by atoms with van der Waals surface area (Å²) >= 11 is 0. The quantitative estimate of drug-likeness (QED) is 0.888. The number of carbonyl (C=O) groups is 1. The Morgan fingerprint density at radius 3 is 2.50 bits per heavy atom. The molecule has 4 heteroatoms. The van der Waals surface area contributed by atoms with Gasteiger partial charge >= 0.3 is 5.97 Å². The number of H-pyrrole nitrogens is 1. The minimum atomic E-state index is -0.863. The van der Waals surface area contributed by atoms with E-state index in [1.54, 1.807) is 0 Å². The average molecular weight is 328 g/mol. The minimum Gasteiger partial charge on any atom is -0.478 e. The van der Waals surface area contributed by atoms with Crippen LogP contribution in [0.4, 0.5) is 0 Å². The van der Waals surface area contributed by atoms with Crippen molar-refractivity contribution in [1.29, 1.82) is 0 Å². The van der Waals surface area contributed by atoms with Crippen LogP contribution in [-0.2, 0) is 11.8 Å². The van der Waals surface area contributed by atoms with E-state index in [9.17, 15) is 9.90 Å². The number of aromatic amines is 1. The fraction of sp³-hybridized carbons (Fsp3) is 0.550. The highest BCUT2D eigenvalue weighted by atomic mass is 16.4. The summed E-state index contributed by atoms with van der Waals surface area (Å²) in [5, 5.41) is 10.7. The zero-order valence-electron chi connectivity index (χ0n) is 15.2. The first kappa shape index (κ1) is 17.0. The number of likely N-dealkylation sites (tertiary alicyclic amines) is 1. The molecular weight excluding hydrogens is 300 g/mol. The van der Waals surface area contributed by atoms with Gasteiger partial charge in [-0.15, -0.1) is 0 Å². The first-order valence-electron chi connectivity index (χ1n) is 8.88. The molecule has 2 heterocycles. The van der Waals surface area contributed by atoms with E-state index in [1.165, 1.54) is 31.5 Å².